The van der Waals surface area contributed by atoms with Gasteiger partial charge in [0.05, 0.1) is 28.2 Å². The largest absolute Gasteiger partial charge is 1.00 e. The Kier molecular flexibility index (Phi) is 7.71. The molecule has 0 fully saturated rings. The molecule has 2 aromatic carbocycles. The van der Waals surface area contributed by atoms with E-state index in [0.717, 1.165) is 35.1 Å². The fraction of sp³-hybridized carbons (Fsp3) is 0.400. The minimum atomic E-state index is 0. The molecule has 0 saturated heterocycles. The fourth-order valence-electron chi connectivity index (χ4n) is 3.69. The zero-order chi connectivity index (χ0) is 15.8. The van der Waals surface area contributed by atoms with Crippen molar-refractivity contribution in [3.8, 4) is 0 Å². The van der Waals surface area contributed by atoms with Crippen LogP contribution in [0.3, 0.4) is 0 Å². The first kappa shape index (κ1) is 21.9. The van der Waals surface area contributed by atoms with Gasteiger partial charge in [-0.3, -0.25) is 0 Å². The second-order valence-corrected chi connectivity index (χ2v) is 8.04. The van der Waals surface area contributed by atoms with Crippen LogP contribution >= 0.6 is 0 Å². The van der Waals surface area contributed by atoms with Crippen LogP contribution in [0.15, 0.2) is 48.5 Å². The maximum atomic E-state index is 2.34. The highest BCUT2D eigenvalue weighted by Gasteiger charge is 2.27. The molecule has 0 aromatic heterocycles. The summed E-state index contributed by atoms with van der Waals surface area (Å²) in [7, 11) is 9.37. The van der Waals surface area contributed by atoms with Crippen molar-refractivity contribution in [1.82, 2.24) is 0 Å². The summed E-state index contributed by atoms with van der Waals surface area (Å²) in [5.41, 5.74) is 5.99. The first-order valence-electron chi connectivity index (χ1n) is 8.12. The third-order valence-corrected chi connectivity index (χ3v) is 4.63. The van der Waals surface area contributed by atoms with Crippen molar-refractivity contribution >= 4 is 0 Å². The van der Waals surface area contributed by atoms with Crippen LogP contribution in [0, 0.1) is 0 Å². The van der Waals surface area contributed by atoms with Gasteiger partial charge in [0.25, 0.3) is 0 Å². The van der Waals surface area contributed by atoms with Gasteiger partial charge in [-0.2, -0.15) is 0 Å². The van der Waals surface area contributed by atoms with Crippen molar-refractivity contribution in [2.24, 2.45) is 0 Å². The summed E-state index contributed by atoms with van der Waals surface area (Å²) in [5.74, 6) is 0. The van der Waals surface area contributed by atoms with E-state index in [2.05, 4.69) is 76.7 Å². The Bertz CT molecular complexity index is 567. The summed E-state index contributed by atoms with van der Waals surface area (Å²) >= 11 is 0. The maximum Gasteiger partial charge on any atom is 0.105 e. The van der Waals surface area contributed by atoms with E-state index in [1.54, 1.807) is 0 Å². The lowest BCUT2D eigenvalue weighted by molar-refractivity contribution is -0.923. The van der Waals surface area contributed by atoms with Crippen molar-refractivity contribution in [3.63, 3.8) is 0 Å². The summed E-state index contributed by atoms with van der Waals surface area (Å²) < 4.78 is 2.00. The number of nitrogens with zero attached hydrogens (tertiary/aromatic N) is 2. The Labute approximate surface area is 181 Å². The Balaban J connectivity index is 0.00000144. The molecule has 0 atom stereocenters. The summed E-state index contributed by atoms with van der Waals surface area (Å²) in [4.78, 5) is 0. The van der Waals surface area contributed by atoms with Crippen LogP contribution in [0.1, 0.15) is 22.3 Å². The molecule has 1 heterocycles. The molecular weight excluding hydrogens is 522 g/mol. The number of fused-ring (bicyclic) bond motifs is 2. The first-order chi connectivity index (χ1) is 10.3. The minimum absolute atomic E-state index is 0. The average Bonchev–Trinajstić information content (AvgIpc) is 2.41. The molecule has 24 heavy (non-hydrogen) atoms. The molecule has 2 aromatic rings. The van der Waals surface area contributed by atoms with Crippen LogP contribution in [0.2, 0.25) is 0 Å². The van der Waals surface area contributed by atoms with Crippen molar-refractivity contribution in [3.05, 3.63) is 70.8 Å². The number of halogens is 2. The average molecular weight is 550 g/mol. The summed E-state index contributed by atoms with van der Waals surface area (Å²) in [6.07, 6.45) is 0. The van der Waals surface area contributed by atoms with Crippen LogP contribution < -0.4 is 48.0 Å². The number of hydrogen-bond acceptors (Lipinski definition) is 0. The van der Waals surface area contributed by atoms with E-state index in [1.165, 1.54) is 22.3 Å². The predicted octanol–water partition coefficient (Wildman–Crippen LogP) is -2.44. The molecule has 1 aliphatic rings. The molecule has 132 valence electrons. The molecule has 4 heteroatoms. The van der Waals surface area contributed by atoms with Gasteiger partial charge in [0.15, 0.2) is 0 Å². The van der Waals surface area contributed by atoms with Crippen LogP contribution in [0.5, 0.6) is 0 Å². The molecule has 0 bridgehead atoms. The zero-order valence-corrected chi connectivity index (χ0v) is 19.4. The van der Waals surface area contributed by atoms with Crippen LogP contribution in [-0.4, -0.2) is 37.2 Å². The second kappa shape index (κ2) is 8.47. The number of hydrogen-bond donors (Lipinski definition) is 0. The highest BCUT2D eigenvalue weighted by atomic mass is 127. The zero-order valence-electron chi connectivity index (χ0n) is 15.1. The number of benzene rings is 2. The number of rotatable bonds is 0. The highest BCUT2D eigenvalue weighted by molar-refractivity contribution is 5.28. The summed E-state index contributed by atoms with van der Waals surface area (Å²) in [6, 6.07) is 17.9. The topological polar surface area (TPSA) is 0 Å². The maximum absolute atomic E-state index is 2.34. The van der Waals surface area contributed by atoms with Gasteiger partial charge < -0.3 is 56.9 Å². The van der Waals surface area contributed by atoms with E-state index < -0.39 is 0 Å². The molecule has 1 aliphatic heterocycles. The quantitative estimate of drug-likeness (QED) is 0.253. The molecule has 0 spiro atoms. The van der Waals surface area contributed by atoms with Crippen LogP contribution in [0.25, 0.3) is 0 Å². The molecule has 0 unspecified atom stereocenters. The monoisotopic (exact) mass is 550 g/mol. The van der Waals surface area contributed by atoms with Gasteiger partial charge in [-0.15, -0.1) is 0 Å². The van der Waals surface area contributed by atoms with Crippen LogP contribution in [-0.2, 0) is 26.2 Å². The van der Waals surface area contributed by atoms with Gasteiger partial charge in [-0.05, 0) is 0 Å². The predicted molar refractivity (Wildman–Crippen MR) is 91.9 cm³/mol. The summed E-state index contributed by atoms with van der Waals surface area (Å²) in [6.45, 7) is 4.35. The molecule has 3 rings (SSSR count). The third kappa shape index (κ3) is 5.41. The molecule has 0 saturated carbocycles. The van der Waals surface area contributed by atoms with Gasteiger partial charge >= 0.3 is 0 Å². The smallest absolute Gasteiger partial charge is 0.105 e. The lowest BCUT2D eigenvalue weighted by Gasteiger charge is -2.36. The van der Waals surface area contributed by atoms with Gasteiger partial charge in [0.1, 0.15) is 26.2 Å². The van der Waals surface area contributed by atoms with E-state index in [0.29, 0.717) is 0 Å². The van der Waals surface area contributed by atoms with Gasteiger partial charge in [0.2, 0.25) is 0 Å². The fourth-order valence-corrected chi connectivity index (χ4v) is 3.69. The molecular formula is C20H28I2N2. The van der Waals surface area contributed by atoms with E-state index in [-0.39, 0.29) is 48.0 Å². The van der Waals surface area contributed by atoms with E-state index in [9.17, 15) is 0 Å². The van der Waals surface area contributed by atoms with Crippen molar-refractivity contribution in [2.75, 3.05) is 28.2 Å². The van der Waals surface area contributed by atoms with Gasteiger partial charge in [0, 0.05) is 22.3 Å². The third-order valence-electron chi connectivity index (χ3n) is 4.63. The Hall–Kier alpha value is -0.180. The SMILES string of the molecule is C[N+]1(C)Cc2ccccc2C[N+](C)(C)Cc2ccccc2C1.[I-].[I-]. The number of quaternary nitrogens is 2. The molecule has 0 amide bonds. The lowest BCUT2D eigenvalue weighted by atomic mass is 10.00. The van der Waals surface area contributed by atoms with Crippen LogP contribution in [0.4, 0.5) is 0 Å². The normalized spacial score (nSPS) is 18.2. The van der Waals surface area contributed by atoms with Crippen molar-refractivity contribution in [2.45, 2.75) is 26.2 Å². The Morgan fingerprint density at radius 3 is 0.917 bits per heavy atom. The standard InChI is InChI=1S/C20H28N2.2HI/c1-21(2)13-17-9-5-7-11-19(17)15-22(3,4)16-20-12-8-6-10-18(20)14-21;;/h5-12H,13-16H2,1-4H3;2*1H/q+2;;/p-2. The van der Waals surface area contributed by atoms with E-state index in [1.807, 2.05) is 0 Å². The Morgan fingerprint density at radius 1 is 0.500 bits per heavy atom. The van der Waals surface area contributed by atoms with Crippen molar-refractivity contribution < 1.29 is 56.9 Å². The minimum Gasteiger partial charge on any atom is -1.00 e. The van der Waals surface area contributed by atoms with E-state index in [4.69, 9.17) is 0 Å². The first-order valence-corrected chi connectivity index (χ1v) is 8.12. The summed E-state index contributed by atoms with van der Waals surface area (Å²) in [5, 5.41) is 0. The molecule has 0 radical (unpaired) electrons. The second-order valence-electron chi connectivity index (χ2n) is 8.04. The molecule has 0 N–H and O–H groups in total. The lowest BCUT2D eigenvalue weighted by Crippen LogP contribution is -3.00. The van der Waals surface area contributed by atoms with Crippen molar-refractivity contribution in [1.29, 1.82) is 0 Å². The Morgan fingerprint density at radius 2 is 0.708 bits per heavy atom. The van der Waals surface area contributed by atoms with E-state index >= 15 is 0 Å². The molecule has 0 aliphatic carbocycles. The highest BCUT2D eigenvalue weighted by Crippen LogP contribution is 2.26. The van der Waals surface area contributed by atoms with Gasteiger partial charge in [-0.25, -0.2) is 0 Å². The molecule has 2 nitrogen and oxygen atoms in total. The van der Waals surface area contributed by atoms with Gasteiger partial charge in [-0.1, -0.05) is 48.5 Å².